The van der Waals surface area contributed by atoms with Crippen LogP contribution in [0.2, 0.25) is 0 Å². The van der Waals surface area contributed by atoms with Gasteiger partial charge >= 0.3 is 0 Å². The van der Waals surface area contributed by atoms with Gasteiger partial charge in [-0.25, -0.2) is 0 Å². The molecule has 49 heavy (non-hydrogen) atoms. The second-order valence-electron chi connectivity index (χ2n) is 12.9. The Bertz CT molecular complexity index is 2280. The number of aryl methyl sites for hydroxylation is 1. The Morgan fingerprint density at radius 2 is 0.939 bits per heavy atom. The van der Waals surface area contributed by atoms with Crippen LogP contribution in [0, 0.1) is 0 Å². The van der Waals surface area contributed by atoms with Gasteiger partial charge in [0.1, 0.15) is 0 Å². The Labute approximate surface area is 289 Å². The van der Waals surface area contributed by atoms with Crippen molar-refractivity contribution in [3.63, 3.8) is 0 Å². The van der Waals surface area contributed by atoms with Gasteiger partial charge in [-0.3, -0.25) is 0 Å². The predicted octanol–water partition coefficient (Wildman–Crippen LogP) is 13.1. The van der Waals surface area contributed by atoms with Gasteiger partial charge in [0.2, 0.25) is 0 Å². The van der Waals surface area contributed by atoms with Crippen molar-refractivity contribution >= 4 is 38.6 Å². The van der Waals surface area contributed by atoms with Gasteiger partial charge in [0.25, 0.3) is 0 Å². The van der Waals surface area contributed by atoms with Crippen molar-refractivity contribution in [3.8, 4) is 11.1 Å². The van der Waals surface area contributed by atoms with Crippen LogP contribution >= 0.6 is 0 Å². The highest BCUT2D eigenvalue weighted by molar-refractivity contribution is 5.99. The molecule has 0 fully saturated rings. The normalized spacial score (nSPS) is 11.8. The number of rotatable bonds is 10. The molecule has 0 amide bonds. The number of hydrogen-bond donors (Lipinski definition) is 0. The molecule has 0 radical (unpaired) electrons. The van der Waals surface area contributed by atoms with E-state index >= 15 is 0 Å². The molecule has 0 heterocycles. The maximum Gasteiger partial charge on any atom is 0.0540 e. The van der Waals surface area contributed by atoms with Crippen molar-refractivity contribution in [2.75, 3.05) is 4.90 Å². The molecule has 0 N–H and O–H groups in total. The number of fused-ring (bicyclic) bond motifs is 2. The molecule has 0 spiro atoms. The maximum absolute atomic E-state index is 2.36. The molecule has 8 rings (SSSR count). The molecule has 1 heteroatoms. The van der Waals surface area contributed by atoms with Gasteiger partial charge in [-0.05, 0) is 99.5 Å². The van der Waals surface area contributed by atoms with Crippen LogP contribution in [0.3, 0.4) is 0 Å². The molecule has 0 aliphatic heterocycles. The second kappa shape index (κ2) is 14.1. The summed E-state index contributed by atoms with van der Waals surface area (Å²) in [5.74, 6) is 0.452. The first-order valence-corrected chi connectivity index (χ1v) is 17.3. The molecule has 0 unspecified atom stereocenters. The van der Waals surface area contributed by atoms with E-state index < -0.39 is 0 Å². The molecule has 0 saturated heterocycles. The van der Waals surface area contributed by atoms with E-state index in [0.29, 0.717) is 5.92 Å². The zero-order valence-corrected chi connectivity index (χ0v) is 27.6. The van der Waals surface area contributed by atoms with E-state index in [4.69, 9.17) is 0 Å². The summed E-state index contributed by atoms with van der Waals surface area (Å²) in [6.07, 6.45) is 3.18. The lowest BCUT2D eigenvalue weighted by Crippen LogP contribution is -2.10. The van der Waals surface area contributed by atoms with Crippen molar-refractivity contribution in [3.05, 3.63) is 211 Å². The Balaban J connectivity index is 1.02. The Hall–Kier alpha value is -5.92. The van der Waals surface area contributed by atoms with Gasteiger partial charge in [0.05, 0.1) is 5.69 Å². The Morgan fingerprint density at radius 1 is 0.408 bits per heavy atom. The SMILES string of the molecule is c1ccc([C@@H](CCc2ccc(-c3ccc(N(c4ccccc4)c4cccc5ccccc45)cc3)cc2)Cc2cccc3ccccc23)cc1. The lowest BCUT2D eigenvalue weighted by Gasteiger charge is -2.27. The van der Waals surface area contributed by atoms with Crippen LogP contribution in [0.1, 0.15) is 29.0 Å². The maximum atomic E-state index is 2.36. The third-order valence-corrected chi connectivity index (χ3v) is 9.83. The fourth-order valence-corrected chi connectivity index (χ4v) is 7.26. The van der Waals surface area contributed by atoms with E-state index in [2.05, 4.69) is 199 Å². The van der Waals surface area contributed by atoms with Crippen LogP contribution < -0.4 is 4.90 Å². The van der Waals surface area contributed by atoms with Gasteiger partial charge in [0, 0.05) is 16.8 Å². The Kier molecular flexibility index (Phi) is 8.72. The largest absolute Gasteiger partial charge is 0.310 e. The lowest BCUT2D eigenvalue weighted by molar-refractivity contribution is 0.623. The summed E-state index contributed by atoms with van der Waals surface area (Å²) in [4.78, 5) is 2.36. The van der Waals surface area contributed by atoms with Crippen molar-refractivity contribution in [2.24, 2.45) is 0 Å². The first-order valence-electron chi connectivity index (χ1n) is 17.3. The summed E-state index contributed by atoms with van der Waals surface area (Å²) < 4.78 is 0. The van der Waals surface area contributed by atoms with Crippen LogP contribution in [0.15, 0.2) is 194 Å². The molecule has 0 saturated carbocycles. The van der Waals surface area contributed by atoms with E-state index in [1.165, 1.54) is 55.0 Å². The van der Waals surface area contributed by atoms with Gasteiger partial charge in [-0.2, -0.15) is 0 Å². The molecule has 8 aromatic rings. The van der Waals surface area contributed by atoms with Crippen LogP contribution in [0.4, 0.5) is 17.1 Å². The molecule has 0 aromatic heterocycles. The van der Waals surface area contributed by atoms with Crippen LogP contribution in [0.25, 0.3) is 32.7 Å². The first kappa shape index (κ1) is 30.4. The highest BCUT2D eigenvalue weighted by Gasteiger charge is 2.16. The molecule has 0 aliphatic carbocycles. The highest BCUT2D eigenvalue weighted by atomic mass is 15.1. The predicted molar refractivity (Wildman–Crippen MR) is 209 cm³/mol. The summed E-state index contributed by atoms with van der Waals surface area (Å²) in [5.41, 5.74) is 10.1. The standard InChI is InChI=1S/C48H39N/c1-3-13-37(14-4-1)42(35-43-19-11-17-40-15-7-9-22-46(40)43)30-27-36-25-28-38(29-26-36)39-31-33-45(34-32-39)49(44-20-5-2-6-21-44)48-24-12-18-41-16-8-10-23-47(41)48/h1-26,28-29,31-34,42H,27,30,35H2/t42-/m0/s1. The lowest BCUT2D eigenvalue weighted by atomic mass is 9.85. The minimum atomic E-state index is 0.452. The summed E-state index contributed by atoms with van der Waals surface area (Å²) in [6.45, 7) is 0. The second-order valence-corrected chi connectivity index (χ2v) is 12.9. The van der Waals surface area contributed by atoms with E-state index in [-0.39, 0.29) is 0 Å². The van der Waals surface area contributed by atoms with Gasteiger partial charge in [0.15, 0.2) is 0 Å². The molecule has 236 valence electrons. The summed E-state index contributed by atoms with van der Waals surface area (Å²) in [5, 5.41) is 5.16. The smallest absolute Gasteiger partial charge is 0.0540 e. The quantitative estimate of drug-likeness (QED) is 0.145. The average molecular weight is 630 g/mol. The molecule has 0 bridgehead atoms. The fourth-order valence-electron chi connectivity index (χ4n) is 7.26. The van der Waals surface area contributed by atoms with Crippen LogP contribution in [0.5, 0.6) is 0 Å². The van der Waals surface area contributed by atoms with Crippen molar-refractivity contribution in [1.82, 2.24) is 0 Å². The first-order chi connectivity index (χ1) is 24.3. The monoisotopic (exact) mass is 629 g/mol. The van der Waals surface area contributed by atoms with E-state index in [0.717, 1.165) is 30.6 Å². The number of benzene rings is 8. The highest BCUT2D eigenvalue weighted by Crippen LogP contribution is 2.39. The molecule has 1 atom stereocenters. The molecular weight excluding hydrogens is 591 g/mol. The third kappa shape index (κ3) is 6.62. The third-order valence-electron chi connectivity index (χ3n) is 9.83. The molecular formula is C48H39N. The van der Waals surface area contributed by atoms with E-state index in [1.54, 1.807) is 0 Å². The van der Waals surface area contributed by atoms with Crippen LogP contribution in [-0.2, 0) is 12.8 Å². The zero-order chi connectivity index (χ0) is 32.8. The Morgan fingerprint density at radius 3 is 1.65 bits per heavy atom. The average Bonchev–Trinajstić information content (AvgIpc) is 3.18. The minimum Gasteiger partial charge on any atom is -0.310 e. The van der Waals surface area contributed by atoms with Crippen molar-refractivity contribution in [2.45, 2.75) is 25.2 Å². The molecule has 1 nitrogen and oxygen atoms in total. The number of nitrogens with zero attached hydrogens (tertiary/aromatic N) is 1. The summed E-state index contributed by atoms with van der Waals surface area (Å²) in [6, 6.07) is 70.5. The molecule has 8 aromatic carbocycles. The number of hydrogen-bond acceptors (Lipinski definition) is 1. The fraction of sp³-hybridized carbons (Fsp3) is 0.0833. The van der Waals surface area contributed by atoms with Crippen molar-refractivity contribution < 1.29 is 0 Å². The summed E-state index contributed by atoms with van der Waals surface area (Å²) >= 11 is 0. The number of anilines is 3. The van der Waals surface area contributed by atoms with Gasteiger partial charge in [-0.1, -0.05) is 164 Å². The van der Waals surface area contributed by atoms with Gasteiger partial charge in [-0.15, -0.1) is 0 Å². The number of para-hydroxylation sites is 1. The summed E-state index contributed by atoms with van der Waals surface area (Å²) in [7, 11) is 0. The minimum absolute atomic E-state index is 0.452. The van der Waals surface area contributed by atoms with E-state index in [9.17, 15) is 0 Å². The zero-order valence-electron chi connectivity index (χ0n) is 27.6. The van der Waals surface area contributed by atoms with Crippen LogP contribution in [-0.4, -0.2) is 0 Å². The van der Waals surface area contributed by atoms with Gasteiger partial charge < -0.3 is 4.90 Å². The van der Waals surface area contributed by atoms with Crippen molar-refractivity contribution in [1.29, 1.82) is 0 Å². The topological polar surface area (TPSA) is 3.24 Å². The molecule has 0 aliphatic rings. The van der Waals surface area contributed by atoms with E-state index in [1.807, 2.05) is 0 Å².